The number of ether oxygens (including phenoxy) is 1. The van der Waals surface area contributed by atoms with Gasteiger partial charge in [-0.05, 0) is 23.8 Å². The van der Waals surface area contributed by atoms with Gasteiger partial charge in [0.2, 0.25) is 0 Å². The molecule has 2 heterocycles. The Balaban J connectivity index is 1.70. The summed E-state index contributed by atoms with van der Waals surface area (Å²) in [5, 5.41) is 20.9. The van der Waals surface area contributed by atoms with Crippen LogP contribution in [0, 0.1) is 0 Å². The molecule has 4 N–H and O–H groups in total. The summed E-state index contributed by atoms with van der Waals surface area (Å²) in [6.07, 6.45) is 2.43. The predicted octanol–water partition coefficient (Wildman–Crippen LogP) is 1.45. The van der Waals surface area contributed by atoms with Gasteiger partial charge >= 0.3 is 6.09 Å². The standard InChI is InChI=1S/C19H22N6O4/c1-29-11-9-20-16-6-10-25-17(24-16)15(12-23-25)13-2-4-14(5-3-13)18(26)21-7-8-22-19(27)28/h2-6,10,12,22H,7-9,11H2,1H3,(H,20,24)(H,21,26)(H,27,28). The fourth-order valence-electron chi connectivity index (χ4n) is 2.70. The number of hydrogen-bond donors (Lipinski definition) is 4. The second-order valence-electron chi connectivity index (χ2n) is 6.12. The van der Waals surface area contributed by atoms with Crippen molar-refractivity contribution in [3.05, 3.63) is 48.3 Å². The average molecular weight is 398 g/mol. The van der Waals surface area contributed by atoms with E-state index < -0.39 is 6.09 Å². The van der Waals surface area contributed by atoms with Crippen LogP contribution < -0.4 is 16.0 Å². The molecule has 0 fully saturated rings. The Hall–Kier alpha value is -3.66. The molecular weight excluding hydrogens is 376 g/mol. The van der Waals surface area contributed by atoms with Crippen LogP contribution in [0.2, 0.25) is 0 Å². The van der Waals surface area contributed by atoms with E-state index in [1.807, 2.05) is 24.4 Å². The molecule has 152 valence electrons. The number of anilines is 1. The van der Waals surface area contributed by atoms with Gasteiger partial charge in [0.15, 0.2) is 5.65 Å². The maximum atomic E-state index is 12.1. The Morgan fingerprint density at radius 2 is 1.86 bits per heavy atom. The van der Waals surface area contributed by atoms with Crippen LogP contribution in [0.3, 0.4) is 0 Å². The molecule has 3 aromatic rings. The zero-order valence-corrected chi connectivity index (χ0v) is 15.9. The molecule has 0 aliphatic heterocycles. The molecule has 0 atom stereocenters. The zero-order valence-electron chi connectivity index (χ0n) is 15.9. The van der Waals surface area contributed by atoms with Crippen molar-refractivity contribution in [2.75, 3.05) is 38.7 Å². The van der Waals surface area contributed by atoms with Gasteiger partial charge < -0.3 is 25.8 Å². The first-order valence-corrected chi connectivity index (χ1v) is 9.01. The summed E-state index contributed by atoms with van der Waals surface area (Å²) in [7, 11) is 1.64. The van der Waals surface area contributed by atoms with Crippen LogP contribution in [-0.4, -0.2) is 65.1 Å². The third kappa shape index (κ3) is 5.20. The highest BCUT2D eigenvalue weighted by Gasteiger charge is 2.11. The Morgan fingerprint density at radius 3 is 2.59 bits per heavy atom. The number of carbonyl (C=O) groups is 2. The van der Waals surface area contributed by atoms with E-state index in [0.717, 1.165) is 16.9 Å². The van der Waals surface area contributed by atoms with E-state index in [-0.39, 0.29) is 19.0 Å². The number of nitrogens with zero attached hydrogens (tertiary/aromatic N) is 3. The summed E-state index contributed by atoms with van der Waals surface area (Å²) >= 11 is 0. The van der Waals surface area contributed by atoms with Crippen LogP contribution in [0.25, 0.3) is 16.8 Å². The van der Waals surface area contributed by atoms with Crippen LogP contribution in [-0.2, 0) is 4.74 Å². The van der Waals surface area contributed by atoms with Gasteiger partial charge in [0.1, 0.15) is 5.82 Å². The molecule has 10 heteroatoms. The molecule has 0 aliphatic carbocycles. The summed E-state index contributed by atoms with van der Waals surface area (Å²) in [5.74, 6) is 0.452. The Labute approximate surface area is 166 Å². The number of hydrogen-bond acceptors (Lipinski definition) is 6. The molecule has 10 nitrogen and oxygen atoms in total. The Kier molecular flexibility index (Phi) is 6.59. The fourth-order valence-corrected chi connectivity index (χ4v) is 2.70. The first-order chi connectivity index (χ1) is 14.1. The number of amides is 2. The van der Waals surface area contributed by atoms with Crippen LogP contribution in [0.15, 0.2) is 42.7 Å². The average Bonchev–Trinajstić information content (AvgIpc) is 3.14. The van der Waals surface area contributed by atoms with Gasteiger partial charge in [-0.15, -0.1) is 0 Å². The van der Waals surface area contributed by atoms with Crippen LogP contribution in [0.1, 0.15) is 10.4 Å². The Morgan fingerprint density at radius 1 is 1.10 bits per heavy atom. The lowest BCUT2D eigenvalue weighted by atomic mass is 10.1. The van der Waals surface area contributed by atoms with Crippen LogP contribution in [0.5, 0.6) is 0 Å². The molecular formula is C19H22N6O4. The zero-order chi connectivity index (χ0) is 20.6. The summed E-state index contributed by atoms with van der Waals surface area (Å²) < 4.78 is 6.72. The van der Waals surface area contributed by atoms with E-state index in [1.54, 1.807) is 30.0 Å². The fraction of sp³-hybridized carbons (Fsp3) is 0.263. The molecule has 2 amide bonds. The van der Waals surface area contributed by atoms with Gasteiger partial charge in [0.25, 0.3) is 5.91 Å². The molecule has 0 radical (unpaired) electrons. The van der Waals surface area contributed by atoms with E-state index in [4.69, 9.17) is 9.84 Å². The van der Waals surface area contributed by atoms with Crippen molar-refractivity contribution in [1.82, 2.24) is 25.2 Å². The first kappa shape index (κ1) is 20.1. The smallest absolute Gasteiger partial charge is 0.404 e. The number of fused-ring (bicyclic) bond motifs is 1. The SMILES string of the molecule is COCCNc1ccn2ncc(-c3ccc(C(=O)NCCNC(=O)O)cc3)c2n1. The van der Waals surface area contributed by atoms with Crippen molar-refractivity contribution in [2.45, 2.75) is 0 Å². The summed E-state index contributed by atoms with van der Waals surface area (Å²) in [6.45, 7) is 1.58. The number of benzene rings is 1. The highest BCUT2D eigenvalue weighted by Crippen LogP contribution is 2.24. The monoisotopic (exact) mass is 398 g/mol. The van der Waals surface area contributed by atoms with Gasteiger partial charge in [0.05, 0.1) is 12.8 Å². The predicted molar refractivity (Wildman–Crippen MR) is 107 cm³/mol. The summed E-state index contributed by atoms with van der Waals surface area (Å²) in [5.41, 5.74) is 2.91. The maximum Gasteiger partial charge on any atom is 0.404 e. The molecule has 0 spiro atoms. The van der Waals surface area contributed by atoms with Crippen molar-refractivity contribution >= 4 is 23.5 Å². The first-order valence-electron chi connectivity index (χ1n) is 9.01. The second-order valence-corrected chi connectivity index (χ2v) is 6.12. The maximum absolute atomic E-state index is 12.1. The highest BCUT2D eigenvalue weighted by molar-refractivity contribution is 5.95. The van der Waals surface area contributed by atoms with Crippen molar-refractivity contribution in [3.63, 3.8) is 0 Å². The van der Waals surface area contributed by atoms with Crippen molar-refractivity contribution < 1.29 is 19.4 Å². The number of carbonyl (C=O) groups excluding carboxylic acids is 1. The number of methoxy groups -OCH3 is 1. The van der Waals surface area contributed by atoms with Gasteiger partial charge in [0, 0.05) is 44.1 Å². The summed E-state index contributed by atoms with van der Waals surface area (Å²) in [4.78, 5) is 27.1. The number of rotatable bonds is 9. The van der Waals surface area contributed by atoms with Crippen LogP contribution >= 0.6 is 0 Å². The third-order valence-corrected chi connectivity index (χ3v) is 4.13. The minimum Gasteiger partial charge on any atom is -0.465 e. The van der Waals surface area contributed by atoms with Gasteiger partial charge in [-0.3, -0.25) is 4.79 Å². The lowest BCUT2D eigenvalue weighted by Crippen LogP contribution is -2.33. The van der Waals surface area contributed by atoms with Gasteiger partial charge in [-0.25, -0.2) is 14.3 Å². The van der Waals surface area contributed by atoms with E-state index in [2.05, 4.69) is 26.0 Å². The molecule has 0 bridgehead atoms. The number of nitrogens with one attached hydrogen (secondary N) is 3. The topological polar surface area (TPSA) is 130 Å². The molecule has 1 aromatic carbocycles. The molecule has 0 unspecified atom stereocenters. The largest absolute Gasteiger partial charge is 0.465 e. The third-order valence-electron chi connectivity index (χ3n) is 4.13. The second kappa shape index (κ2) is 9.51. The Bertz CT molecular complexity index is 986. The van der Waals surface area contributed by atoms with E-state index in [9.17, 15) is 9.59 Å². The molecule has 0 saturated carbocycles. The molecule has 29 heavy (non-hydrogen) atoms. The van der Waals surface area contributed by atoms with Gasteiger partial charge in [-0.1, -0.05) is 12.1 Å². The lowest BCUT2D eigenvalue weighted by molar-refractivity contribution is 0.0953. The molecule has 0 saturated heterocycles. The van der Waals surface area contributed by atoms with Crippen molar-refractivity contribution in [2.24, 2.45) is 0 Å². The minimum atomic E-state index is -1.12. The van der Waals surface area contributed by atoms with Crippen LogP contribution in [0.4, 0.5) is 10.6 Å². The number of aromatic nitrogens is 3. The van der Waals surface area contributed by atoms with E-state index in [1.165, 1.54) is 0 Å². The molecule has 3 rings (SSSR count). The normalized spacial score (nSPS) is 10.7. The van der Waals surface area contributed by atoms with E-state index in [0.29, 0.717) is 24.4 Å². The highest BCUT2D eigenvalue weighted by atomic mass is 16.5. The minimum absolute atomic E-state index is 0.147. The quantitative estimate of drug-likeness (QED) is 0.401. The summed E-state index contributed by atoms with van der Waals surface area (Å²) in [6, 6.07) is 8.91. The van der Waals surface area contributed by atoms with Gasteiger partial charge in [-0.2, -0.15) is 5.10 Å². The molecule has 0 aliphatic rings. The lowest BCUT2D eigenvalue weighted by Gasteiger charge is -2.07. The number of carboxylic acid groups (broad SMARTS) is 1. The van der Waals surface area contributed by atoms with E-state index >= 15 is 0 Å². The molecule has 2 aromatic heterocycles. The van der Waals surface area contributed by atoms with Crippen molar-refractivity contribution in [1.29, 1.82) is 0 Å². The van der Waals surface area contributed by atoms with Crippen molar-refractivity contribution in [3.8, 4) is 11.1 Å².